The molecule has 6 atom stereocenters. The first-order chi connectivity index (χ1) is 14.9. The Kier molecular flexibility index (Phi) is 13.0. The zero-order valence-corrected chi connectivity index (χ0v) is 23.9. The van der Waals surface area contributed by atoms with Gasteiger partial charge in [-0.05, 0) is 0 Å². The Morgan fingerprint density at radius 1 is 1.18 bits per heavy atom. The van der Waals surface area contributed by atoms with Gasteiger partial charge in [-0.15, -0.1) is 0 Å². The molecule has 34 heavy (non-hydrogen) atoms. The third-order valence-corrected chi connectivity index (χ3v) is 6.86. The number of rotatable bonds is 6. The van der Waals surface area contributed by atoms with E-state index in [2.05, 4.69) is 23.6 Å². The van der Waals surface area contributed by atoms with Gasteiger partial charge >= 0.3 is 74.8 Å². The fourth-order valence-electron chi connectivity index (χ4n) is 2.42. The molecule has 3 aliphatic rings. The van der Waals surface area contributed by atoms with E-state index in [0.29, 0.717) is 0 Å². The molecule has 0 bridgehead atoms. The zero-order valence-electron chi connectivity index (χ0n) is 18.3. The van der Waals surface area contributed by atoms with Gasteiger partial charge in [0.2, 0.25) is 0 Å². The number of fused-ring (bicyclic) bond motifs is 1. The second kappa shape index (κ2) is 13.5. The molecular formula is C10H16N5Na2O14P3. The summed E-state index contributed by atoms with van der Waals surface area (Å²) in [5.41, 5.74) is 0. The Morgan fingerprint density at radius 2 is 1.76 bits per heavy atom. The van der Waals surface area contributed by atoms with Gasteiger partial charge in [-0.25, -0.2) is 19.1 Å². The van der Waals surface area contributed by atoms with Gasteiger partial charge in [0.1, 0.15) is 30.5 Å². The van der Waals surface area contributed by atoms with Crippen LogP contribution >= 0.6 is 23.5 Å². The minimum Gasteiger partial charge on any atom is -0.789 e. The maximum atomic E-state index is 10.3. The van der Waals surface area contributed by atoms with Gasteiger partial charge in [0, 0.05) is 0 Å². The summed E-state index contributed by atoms with van der Waals surface area (Å²) in [6.07, 6.45) is -2.17. The van der Waals surface area contributed by atoms with Gasteiger partial charge in [0.05, 0.1) is 22.1 Å². The van der Waals surface area contributed by atoms with E-state index in [1.807, 2.05) is 0 Å². The molecule has 0 aliphatic carbocycles. The Balaban J connectivity index is 0.000000684. The number of aliphatic hydroxyl groups excluding tert-OH is 3. The van der Waals surface area contributed by atoms with E-state index in [1.54, 1.807) is 0 Å². The van der Waals surface area contributed by atoms with Crippen LogP contribution in [0, 0.1) is 5.41 Å². The first-order valence-corrected chi connectivity index (χ1v) is 12.4. The molecule has 2 unspecified atom stereocenters. The molecule has 0 spiro atoms. The molecule has 24 heteroatoms. The molecule has 7 N–H and O–H groups in total. The maximum Gasteiger partial charge on any atom is 1.00 e. The molecule has 0 aromatic carbocycles. The van der Waals surface area contributed by atoms with Crippen molar-refractivity contribution in [1.82, 2.24) is 4.90 Å². The number of hydrogen-bond donors (Lipinski definition) is 7. The van der Waals surface area contributed by atoms with E-state index < -0.39 is 60.6 Å². The number of hydrogen-bond acceptors (Lipinski definition) is 15. The smallest absolute Gasteiger partial charge is 0.789 e. The van der Waals surface area contributed by atoms with E-state index >= 15 is 0 Å². The van der Waals surface area contributed by atoms with Crippen molar-refractivity contribution >= 4 is 47.8 Å². The van der Waals surface area contributed by atoms with Crippen LogP contribution in [0.25, 0.3) is 0 Å². The quantitative estimate of drug-likeness (QED) is 0.115. The van der Waals surface area contributed by atoms with Crippen molar-refractivity contribution in [2.45, 2.75) is 30.6 Å². The number of aliphatic hydroxyl groups is 3. The van der Waals surface area contributed by atoms with E-state index in [9.17, 15) is 33.7 Å². The SMILES string of the molecule is O=P([O-])([O-])OP(=O)(O)OP(=O)(O)O.[2H]C12N=CN([C@@H]3O[C@H](CO)[C@@H](O)[C@H]3O)C1=NC=NC2=N.[Na+].[Na+]. The van der Waals surface area contributed by atoms with Crippen LogP contribution < -0.4 is 68.9 Å². The minimum absolute atomic E-state index is 0. The minimum atomic E-state index is -5.85. The second-order valence-corrected chi connectivity index (χ2v) is 9.96. The molecule has 19 nitrogen and oxygen atoms in total. The normalized spacial score (nSPS) is 32.4. The van der Waals surface area contributed by atoms with Crippen LogP contribution in [-0.4, -0.2) is 96.4 Å². The van der Waals surface area contributed by atoms with Crippen molar-refractivity contribution in [2.75, 3.05) is 6.61 Å². The van der Waals surface area contributed by atoms with Crippen molar-refractivity contribution in [2.24, 2.45) is 15.0 Å². The largest absolute Gasteiger partial charge is 1.00 e. The summed E-state index contributed by atoms with van der Waals surface area (Å²) in [7, 11) is -16.9. The fourth-order valence-corrected chi connectivity index (χ4v) is 4.90. The topological polar surface area (TPSA) is 311 Å². The van der Waals surface area contributed by atoms with Crippen LogP contribution in [-0.2, 0) is 27.1 Å². The fraction of sp³-hybridized carbons (Fsp3) is 0.600. The van der Waals surface area contributed by atoms with Crippen LogP contribution in [0.4, 0.5) is 0 Å². The summed E-state index contributed by atoms with van der Waals surface area (Å²) >= 11 is 0. The third-order valence-electron chi connectivity index (χ3n) is 3.56. The first-order valence-electron chi connectivity index (χ1n) is 8.39. The number of nitrogens with zero attached hydrogens (tertiary/aromatic N) is 4. The second-order valence-electron chi connectivity index (χ2n) is 5.84. The average Bonchev–Trinajstić information content (AvgIpc) is 3.10. The van der Waals surface area contributed by atoms with E-state index in [1.165, 1.54) is 11.2 Å². The van der Waals surface area contributed by atoms with Crippen molar-refractivity contribution in [3.8, 4) is 0 Å². The average molecular weight is 570 g/mol. The summed E-state index contributed by atoms with van der Waals surface area (Å²) in [5.74, 6) is -0.236. The van der Waals surface area contributed by atoms with Gasteiger partial charge in [-0.1, -0.05) is 0 Å². The molecule has 182 valence electrons. The molecule has 3 rings (SSSR count). The molecule has 0 radical (unpaired) electrons. The Labute approximate surface area is 236 Å². The predicted octanol–water partition coefficient (Wildman–Crippen LogP) is -10.4. The number of amidine groups is 2. The van der Waals surface area contributed by atoms with Crippen molar-refractivity contribution in [3.05, 3.63) is 0 Å². The molecule has 3 heterocycles. The van der Waals surface area contributed by atoms with Gasteiger partial charge in [0.15, 0.2) is 18.1 Å². The number of ether oxygens (including phenoxy) is 1. The molecule has 0 amide bonds. The standard InChI is InChI=1S/C10H13N5O4.2Na.H5O10P3/c11-8-5-9(13-2-12-8)15(3-14-5)10-7(18)6(17)4(1-16)19-10;;;1-11(2,3)9-13(7,8)10-12(4,5)6/h2-7,10-11,16-18H,1H2;;;(H,7,8)(H2,1,2,3)(H2,4,5,6)/q;2*+1;/p-2/t4-,5?,6-,7-,10-;;;/m1.../s1/i5D;;;. The van der Waals surface area contributed by atoms with E-state index in [4.69, 9.17) is 31.3 Å². The molecule has 0 aromatic heterocycles. The van der Waals surface area contributed by atoms with Crippen LogP contribution in [0.3, 0.4) is 0 Å². The van der Waals surface area contributed by atoms with Crippen molar-refractivity contribution in [1.29, 1.82) is 5.41 Å². The molecule has 0 aromatic rings. The van der Waals surface area contributed by atoms with E-state index in [-0.39, 0.29) is 70.8 Å². The summed E-state index contributed by atoms with van der Waals surface area (Å²) in [6.45, 7) is -0.449. The number of nitrogens with one attached hydrogen (secondary N) is 1. The predicted molar refractivity (Wildman–Crippen MR) is 97.2 cm³/mol. The van der Waals surface area contributed by atoms with E-state index in [0.717, 1.165) is 6.34 Å². The summed E-state index contributed by atoms with van der Waals surface area (Å²) in [4.78, 5) is 56.2. The van der Waals surface area contributed by atoms with Crippen LogP contribution in [0.15, 0.2) is 15.0 Å². The third kappa shape index (κ3) is 9.89. The van der Waals surface area contributed by atoms with Gasteiger partial charge in [-0.3, -0.25) is 19.6 Å². The summed E-state index contributed by atoms with van der Waals surface area (Å²) < 4.78 is 49.2. The Bertz CT molecular complexity index is 995. The zero-order chi connectivity index (χ0) is 25.4. The Morgan fingerprint density at radius 3 is 2.24 bits per heavy atom. The maximum absolute atomic E-state index is 10.3. The van der Waals surface area contributed by atoms with Crippen LogP contribution in [0.1, 0.15) is 1.37 Å². The number of aliphatic imine (C=N–C) groups is 3. The first kappa shape index (κ1) is 32.8. The molecule has 3 aliphatic heterocycles. The molecule has 1 fully saturated rings. The Hall–Kier alpha value is 0.730. The van der Waals surface area contributed by atoms with Gasteiger partial charge in [0.25, 0.3) is 0 Å². The summed E-state index contributed by atoms with van der Waals surface area (Å²) in [6, 6.07) is -1.76. The number of phosphoric acid groups is 3. The summed E-state index contributed by atoms with van der Waals surface area (Å²) in [5, 5.41) is 36.4. The molecule has 0 saturated carbocycles. The van der Waals surface area contributed by atoms with Crippen LogP contribution in [0.5, 0.6) is 0 Å². The molecular weight excluding hydrogens is 553 g/mol. The van der Waals surface area contributed by atoms with Crippen LogP contribution in [0.2, 0.25) is 0 Å². The van der Waals surface area contributed by atoms with Gasteiger partial charge < -0.3 is 49.1 Å². The van der Waals surface area contributed by atoms with Crippen molar-refractivity contribution < 1.29 is 127 Å². The molecule has 1 saturated heterocycles. The van der Waals surface area contributed by atoms with Crippen molar-refractivity contribution in [3.63, 3.8) is 0 Å². The van der Waals surface area contributed by atoms with Gasteiger partial charge in [-0.2, -0.15) is 4.31 Å². The monoisotopic (exact) mass is 570 g/mol.